The Morgan fingerprint density at radius 1 is 0.690 bits per heavy atom. The molecule has 0 heterocycles. The molecule has 0 aliphatic heterocycles. The number of azo groups is 1. The topological polar surface area (TPSA) is 432 Å². The minimum Gasteiger partial charge on any atom is -0.871 e. The average molecular weight is 1080 g/mol. The first-order valence-corrected chi connectivity index (χ1v) is 23.7. The summed E-state index contributed by atoms with van der Waals surface area (Å²) in [5.74, 6) is -2.27. The zero-order valence-corrected chi connectivity index (χ0v) is 48.1. The van der Waals surface area contributed by atoms with Crippen molar-refractivity contribution in [1.29, 1.82) is 5.41 Å². The minimum absolute atomic E-state index is 0. The maximum atomic E-state index is 13.7. The largest absolute Gasteiger partial charge is 1.00 e. The Kier molecular flexibility index (Phi) is 20.8. The number of Topliss-reactive ketones (excluding diaryl/α,β-unsaturated/α-hetero) is 1. The van der Waals surface area contributed by atoms with Crippen molar-refractivity contribution in [3.05, 3.63) is 158 Å². The number of nitrogens with zero attached hydrogens (tertiary/aromatic N) is 7. The van der Waals surface area contributed by atoms with Gasteiger partial charge in [0, 0.05) is 17.2 Å². The normalized spacial score (nSPS) is 17.8. The number of rotatable bonds is 9. The van der Waals surface area contributed by atoms with Crippen LogP contribution in [0.15, 0.2) is 181 Å². The molecular weight excluding hydrogens is 1060 g/mol. The van der Waals surface area contributed by atoms with Gasteiger partial charge in [-0.3, -0.25) is 25.2 Å². The molecule has 25 nitrogen and oxygen atoms in total. The van der Waals surface area contributed by atoms with E-state index in [1.54, 1.807) is 24.3 Å². The van der Waals surface area contributed by atoms with Crippen LogP contribution in [0.3, 0.4) is 0 Å². The van der Waals surface area contributed by atoms with Crippen LogP contribution in [0.1, 0.15) is 15.9 Å². The first kappa shape index (κ1) is 61.9. The maximum absolute atomic E-state index is 13.7. The van der Waals surface area contributed by atoms with E-state index in [-0.39, 0.29) is 141 Å². The molecule has 0 unspecified atom stereocenters. The Labute approximate surface area is 491 Å². The second kappa shape index (κ2) is 23.8. The van der Waals surface area contributed by atoms with Crippen LogP contribution in [0.2, 0.25) is 0 Å². The average Bonchev–Trinajstić information content (AvgIpc) is 3.24. The van der Waals surface area contributed by atoms with Gasteiger partial charge in [-0.15, -0.1) is 31.3 Å². The van der Waals surface area contributed by atoms with E-state index in [2.05, 4.69) is 30.6 Å². The van der Waals surface area contributed by atoms with Crippen molar-refractivity contribution in [3.8, 4) is 0 Å². The van der Waals surface area contributed by atoms with Crippen molar-refractivity contribution in [1.82, 2.24) is 0 Å². The van der Waals surface area contributed by atoms with E-state index >= 15 is 0 Å². The first-order chi connectivity index (χ1) is 31.2. The minimum atomic E-state index is -5.30. The SMILES string of the molecule is N=C1C=CC2=C([O-])C(=NN=C3C=CC(=C4C=CC(=NN=C5C(=O)c6c([NH-])cc(S(=O)(=O)[O-])cc6C=C5[S+](=O)(O)O)C=C4)C=C3)C(S(=O)(=O)O)=CC2=C1N=Nc1ccc(N(O)O)cc1S(=O)(=O)[O-].[Na+].[Na+].[Na+].[Na+]. The number of hydrogen-bond donors (Lipinski definition) is 6. The quantitative estimate of drug-likeness (QED) is 0.0447. The zero-order chi connectivity index (χ0) is 49.0. The van der Waals surface area contributed by atoms with Gasteiger partial charge in [-0.25, -0.2) is 16.8 Å². The van der Waals surface area contributed by atoms with Crippen molar-refractivity contribution in [2.75, 3.05) is 5.23 Å². The molecule has 5 aliphatic rings. The number of carbonyl (C=O) groups is 1. The number of ketones is 1. The summed E-state index contributed by atoms with van der Waals surface area (Å²) in [5, 5.41) is 62.9. The van der Waals surface area contributed by atoms with Crippen LogP contribution in [0.25, 0.3) is 11.8 Å². The van der Waals surface area contributed by atoms with Gasteiger partial charge in [0.15, 0.2) is 5.71 Å². The Morgan fingerprint density at radius 2 is 1.24 bits per heavy atom. The molecule has 0 bridgehead atoms. The molecule has 7 N–H and O–H groups in total. The van der Waals surface area contributed by atoms with Crippen LogP contribution in [0.4, 0.5) is 17.1 Å². The van der Waals surface area contributed by atoms with Crippen molar-refractivity contribution in [2.45, 2.75) is 9.79 Å². The molecule has 33 heteroatoms. The Hall–Kier alpha value is -3.42. The third-order valence-corrected chi connectivity index (χ3v) is 12.9. The van der Waals surface area contributed by atoms with Gasteiger partial charge in [-0.05, 0) is 87.2 Å². The van der Waals surface area contributed by atoms with Gasteiger partial charge in [0.05, 0.1) is 38.3 Å². The Bertz CT molecular complexity index is 3550. The third kappa shape index (κ3) is 13.9. The molecule has 0 aromatic heterocycles. The molecule has 7 rings (SSSR count). The van der Waals surface area contributed by atoms with E-state index in [1.165, 1.54) is 24.3 Å². The number of anilines is 1. The summed E-state index contributed by atoms with van der Waals surface area (Å²) in [6.45, 7) is 0. The van der Waals surface area contributed by atoms with Crippen LogP contribution in [0, 0.1) is 5.41 Å². The van der Waals surface area contributed by atoms with Gasteiger partial charge in [-0.2, -0.15) is 27.7 Å². The summed E-state index contributed by atoms with van der Waals surface area (Å²) in [7, 11) is -20.6. The Balaban J connectivity index is 0.00000333. The molecular formula is C38H24N9Na4O16S4+. The van der Waals surface area contributed by atoms with Crippen molar-refractivity contribution in [3.63, 3.8) is 0 Å². The first-order valence-electron chi connectivity index (χ1n) is 17.9. The van der Waals surface area contributed by atoms with Gasteiger partial charge in [0.2, 0.25) is 5.78 Å². The van der Waals surface area contributed by atoms with E-state index in [0.29, 0.717) is 29.3 Å². The third-order valence-electron chi connectivity index (χ3n) is 9.44. The van der Waals surface area contributed by atoms with Crippen molar-refractivity contribution in [2.24, 2.45) is 30.6 Å². The van der Waals surface area contributed by atoms with Crippen LogP contribution in [-0.2, 0) is 45.1 Å². The van der Waals surface area contributed by atoms with Crippen molar-refractivity contribution >= 4 is 98.3 Å². The van der Waals surface area contributed by atoms with Gasteiger partial charge in [0.1, 0.15) is 36.5 Å². The standard InChI is InChI=1S/C38H27N9O16S4.4Na/c39-27-11-10-25-26(34(27)44-43-29-12-9-23(47(50)51)15-30(29)65(55,56)57)17-32(67(61,62)63)35(37(25)48)45-41-21-5-1-18(2-6-21)19-3-7-22(8-4-19)42-46-36-31(66(58,59)60)14-20-13-24(64(52,53)54)16-28(40)33(20)38(36)49;;;;/h1-17,50-51H,(H8-,39,40,43,48,49,52,53,54,55,56,57,58,59,60,61,62,63);;;;/q;4*+1/p-3. The molecule has 0 saturated carbocycles. The number of allylic oxidation sites excluding steroid dienone is 17. The van der Waals surface area contributed by atoms with E-state index in [9.17, 15) is 72.5 Å². The van der Waals surface area contributed by atoms with Gasteiger partial charge in [0.25, 0.3) is 15.0 Å². The van der Waals surface area contributed by atoms with E-state index in [0.717, 1.165) is 36.4 Å². The monoisotopic (exact) mass is 1080 g/mol. The molecule has 0 amide bonds. The van der Waals surface area contributed by atoms with E-state index < -0.39 is 128 Å². The summed E-state index contributed by atoms with van der Waals surface area (Å²) in [5.41, 5.74) is 3.34. The van der Waals surface area contributed by atoms with Crippen molar-refractivity contribution < 1.29 is 191 Å². The predicted molar refractivity (Wildman–Crippen MR) is 233 cm³/mol. The fraction of sp³-hybridized carbons (Fsp3) is 0. The van der Waals surface area contributed by atoms with E-state index in [4.69, 9.17) is 11.1 Å². The summed E-state index contributed by atoms with van der Waals surface area (Å²) in [6.07, 6.45) is 15.6. The molecule has 0 spiro atoms. The second-order valence-corrected chi connectivity index (χ2v) is 19.3. The fourth-order valence-electron chi connectivity index (χ4n) is 6.35. The number of fused-ring (bicyclic) bond motifs is 2. The summed E-state index contributed by atoms with van der Waals surface area (Å²) in [6, 6.07) is 3.72. The zero-order valence-electron chi connectivity index (χ0n) is 36.8. The summed E-state index contributed by atoms with van der Waals surface area (Å²) < 4.78 is 138. The summed E-state index contributed by atoms with van der Waals surface area (Å²) in [4.78, 5) is 9.35. The molecule has 71 heavy (non-hydrogen) atoms. The Morgan fingerprint density at radius 3 is 1.73 bits per heavy atom. The van der Waals surface area contributed by atoms with Gasteiger partial charge < -0.3 is 19.9 Å². The molecule has 0 radical (unpaired) electrons. The fourth-order valence-corrected chi connectivity index (χ4v) is 8.82. The number of benzene rings is 2. The molecule has 2 aromatic carbocycles. The van der Waals surface area contributed by atoms with Crippen LogP contribution in [-0.4, -0.2) is 92.8 Å². The molecule has 0 fully saturated rings. The van der Waals surface area contributed by atoms with Crippen LogP contribution in [0.5, 0.6) is 0 Å². The number of nitrogens with one attached hydrogen (secondary N) is 2. The molecule has 344 valence electrons. The van der Waals surface area contributed by atoms with Gasteiger partial charge in [-0.1, -0.05) is 42.2 Å². The van der Waals surface area contributed by atoms with Crippen LogP contribution >= 0.6 is 0 Å². The van der Waals surface area contributed by atoms with Gasteiger partial charge >= 0.3 is 129 Å². The van der Waals surface area contributed by atoms with E-state index in [1.807, 2.05) is 0 Å². The smallest absolute Gasteiger partial charge is 0.871 e. The molecule has 0 saturated heterocycles. The molecule has 2 aromatic rings. The predicted octanol–water partition coefficient (Wildman–Crippen LogP) is -8.07. The van der Waals surface area contributed by atoms with Crippen LogP contribution < -0.4 is 129 Å². The molecule has 5 aliphatic carbocycles. The number of hydrogen-bond acceptors (Lipinski definition) is 21. The molecule has 0 atom stereocenters. The number of carbonyl (C=O) groups excluding carboxylic acids is 1. The maximum Gasteiger partial charge on any atom is 1.00 e. The second-order valence-electron chi connectivity index (χ2n) is 13.7. The summed E-state index contributed by atoms with van der Waals surface area (Å²) >= 11 is 0.